The monoisotopic (exact) mass is 165 g/mol. The molecule has 0 aliphatic rings. The third kappa shape index (κ3) is 3.31. The minimum atomic E-state index is 0.125. The standard InChI is InChI=1S/C5H5Cl2NO/c1-4(2-6)5(7)8-3-9/h2H2,1H3/b5-4+. The smallest absolute Gasteiger partial charge is 0.211 e. The predicted molar refractivity (Wildman–Crippen MR) is 37.4 cm³/mol. The Bertz CT molecular complexity index is 170. The lowest BCUT2D eigenvalue weighted by Crippen LogP contribution is -1.78. The van der Waals surface area contributed by atoms with Gasteiger partial charge in [-0.1, -0.05) is 11.6 Å². The van der Waals surface area contributed by atoms with Crippen molar-refractivity contribution in [3.8, 4) is 0 Å². The highest BCUT2D eigenvalue weighted by molar-refractivity contribution is 6.31. The van der Waals surface area contributed by atoms with Crippen LogP contribution in [0.1, 0.15) is 6.92 Å². The van der Waals surface area contributed by atoms with E-state index >= 15 is 0 Å². The van der Waals surface area contributed by atoms with Crippen LogP contribution in [0, 0.1) is 0 Å². The summed E-state index contributed by atoms with van der Waals surface area (Å²) in [5.41, 5.74) is 0.668. The van der Waals surface area contributed by atoms with Gasteiger partial charge in [-0.25, -0.2) is 4.79 Å². The van der Waals surface area contributed by atoms with Crippen molar-refractivity contribution in [2.45, 2.75) is 6.92 Å². The predicted octanol–water partition coefficient (Wildman–Crippen LogP) is 2.03. The second kappa shape index (κ2) is 4.57. The van der Waals surface area contributed by atoms with Gasteiger partial charge in [0.05, 0.1) is 0 Å². The zero-order valence-electron chi connectivity index (χ0n) is 4.82. The lowest BCUT2D eigenvalue weighted by molar-refractivity contribution is 0.565. The SMILES string of the molecule is C/C(CCl)=C(/Cl)N=C=O. The van der Waals surface area contributed by atoms with Gasteiger partial charge in [-0.05, 0) is 12.5 Å². The fourth-order valence-electron chi connectivity index (χ4n) is 0.191. The second-order valence-electron chi connectivity index (χ2n) is 1.41. The Morgan fingerprint density at radius 1 is 1.78 bits per heavy atom. The molecular formula is C5H5Cl2NO. The van der Waals surface area contributed by atoms with Crippen molar-refractivity contribution in [3.63, 3.8) is 0 Å². The van der Waals surface area contributed by atoms with E-state index in [0.717, 1.165) is 0 Å². The molecule has 0 heterocycles. The molecule has 0 amide bonds. The van der Waals surface area contributed by atoms with E-state index in [4.69, 9.17) is 23.2 Å². The Balaban J connectivity index is 4.27. The molecule has 0 bridgehead atoms. The third-order valence-electron chi connectivity index (χ3n) is 0.696. The molecule has 0 saturated heterocycles. The third-order valence-corrected chi connectivity index (χ3v) is 1.50. The number of aliphatic imine (C=N–C) groups is 1. The molecule has 0 saturated carbocycles. The maximum Gasteiger partial charge on any atom is 0.241 e. The van der Waals surface area contributed by atoms with Crippen LogP contribution in [-0.2, 0) is 4.79 Å². The number of nitrogens with zero attached hydrogens (tertiary/aromatic N) is 1. The van der Waals surface area contributed by atoms with Crippen LogP contribution in [0.5, 0.6) is 0 Å². The van der Waals surface area contributed by atoms with E-state index in [1.165, 1.54) is 6.08 Å². The van der Waals surface area contributed by atoms with E-state index < -0.39 is 0 Å². The lowest BCUT2D eigenvalue weighted by Gasteiger charge is -1.90. The summed E-state index contributed by atoms with van der Waals surface area (Å²) in [6.07, 6.45) is 1.31. The van der Waals surface area contributed by atoms with Crippen LogP contribution >= 0.6 is 23.2 Å². The van der Waals surface area contributed by atoms with Gasteiger partial charge in [0.2, 0.25) is 6.08 Å². The second-order valence-corrected chi connectivity index (χ2v) is 2.03. The molecule has 0 rings (SSSR count). The summed E-state index contributed by atoms with van der Waals surface area (Å²) in [6.45, 7) is 1.69. The van der Waals surface area contributed by atoms with Crippen molar-refractivity contribution in [1.82, 2.24) is 0 Å². The van der Waals surface area contributed by atoms with Gasteiger partial charge < -0.3 is 0 Å². The Hall–Kier alpha value is -0.300. The average molecular weight is 166 g/mol. The molecular weight excluding hydrogens is 161 g/mol. The maximum absolute atomic E-state index is 9.58. The molecule has 50 valence electrons. The molecule has 4 heteroatoms. The summed E-state index contributed by atoms with van der Waals surface area (Å²) >= 11 is 10.7. The number of hydrogen-bond donors (Lipinski definition) is 0. The van der Waals surface area contributed by atoms with E-state index in [9.17, 15) is 4.79 Å². The van der Waals surface area contributed by atoms with Gasteiger partial charge >= 0.3 is 0 Å². The van der Waals surface area contributed by atoms with E-state index in [1.54, 1.807) is 6.92 Å². The zero-order chi connectivity index (χ0) is 7.28. The Labute approximate surface area is 63.2 Å². The van der Waals surface area contributed by atoms with Crippen LogP contribution in [0.4, 0.5) is 0 Å². The highest BCUT2D eigenvalue weighted by Crippen LogP contribution is 2.10. The van der Waals surface area contributed by atoms with Crippen LogP contribution in [0.15, 0.2) is 15.7 Å². The van der Waals surface area contributed by atoms with Crippen molar-refractivity contribution in [1.29, 1.82) is 0 Å². The summed E-state index contributed by atoms with van der Waals surface area (Å²) < 4.78 is 0. The van der Waals surface area contributed by atoms with E-state index in [2.05, 4.69) is 4.99 Å². The molecule has 0 aliphatic carbocycles. The first-order chi connectivity index (χ1) is 4.22. The van der Waals surface area contributed by atoms with Crippen LogP contribution in [0.2, 0.25) is 0 Å². The normalized spacial score (nSPS) is 11.9. The highest BCUT2D eigenvalue weighted by Gasteiger charge is 1.93. The Morgan fingerprint density at radius 2 is 2.33 bits per heavy atom. The summed E-state index contributed by atoms with van der Waals surface area (Å²) in [5.74, 6) is 0.282. The number of rotatable bonds is 2. The van der Waals surface area contributed by atoms with Crippen molar-refractivity contribution < 1.29 is 4.79 Å². The van der Waals surface area contributed by atoms with Crippen molar-refractivity contribution in [2.75, 3.05) is 5.88 Å². The summed E-state index contributed by atoms with van der Waals surface area (Å²) in [4.78, 5) is 12.7. The molecule has 0 aromatic rings. The van der Waals surface area contributed by atoms with Crippen molar-refractivity contribution in [2.24, 2.45) is 4.99 Å². The minimum absolute atomic E-state index is 0.125. The summed E-state index contributed by atoms with van der Waals surface area (Å²) in [6, 6.07) is 0. The van der Waals surface area contributed by atoms with Gasteiger partial charge in [0.25, 0.3) is 0 Å². The van der Waals surface area contributed by atoms with E-state index in [0.29, 0.717) is 5.57 Å². The zero-order valence-corrected chi connectivity index (χ0v) is 6.33. The number of alkyl halides is 1. The Kier molecular flexibility index (Phi) is 4.41. The molecule has 0 N–H and O–H groups in total. The number of isocyanates is 1. The highest BCUT2D eigenvalue weighted by atomic mass is 35.5. The molecule has 0 aromatic heterocycles. The van der Waals surface area contributed by atoms with Crippen LogP contribution in [0.25, 0.3) is 0 Å². The van der Waals surface area contributed by atoms with Crippen LogP contribution in [0.3, 0.4) is 0 Å². The van der Waals surface area contributed by atoms with Gasteiger partial charge in [-0.3, -0.25) is 0 Å². The fraction of sp³-hybridized carbons (Fsp3) is 0.400. The van der Waals surface area contributed by atoms with Crippen molar-refractivity contribution >= 4 is 29.3 Å². The molecule has 0 aromatic carbocycles. The minimum Gasteiger partial charge on any atom is -0.211 e. The largest absolute Gasteiger partial charge is 0.241 e. The van der Waals surface area contributed by atoms with Gasteiger partial charge in [0, 0.05) is 5.88 Å². The van der Waals surface area contributed by atoms with Gasteiger partial charge in [0.15, 0.2) is 0 Å². The van der Waals surface area contributed by atoms with Crippen molar-refractivity contribution in [3.05, 3.63) is 10.7 Å². The molecule has 0 aliphatic heterocycles. The molecule has 0 fully saturated rings. The number of carbonyl (C=O) groups excluding carboxylic acids is 1. The first kappa shape index (κ1) is 8.70. The number of halogens is 2. The maximum atomic E-state index is 9.58. The van der Waals surface area contributed by atoms with Crippen LogP contribution < -0.4 is 0 Å². The summed E-state index contributed by atoms with van der Waals surface area (Å²) in [7, 11) is 0. The molecule has 0 unspecified atom stereocenters. The number of allylic oxidation sites excluding steroid dienone is 1. The average Bonchev–Trinajstić information content (AvgIpc) is 1.87. The topological polar surface area (TPSA) is 29.4 Å². The van der Waals surface area contributed by atoms with Crippen LogP contribution in [-0.4, -0.2) is 12.0 Å². The molecule has 9 heavy (non-hydrogen) atoms. The first-order valence-corrected chi connectivity index (χ1v) is 3.12. The molecule has 0 radical (unpaired) electrons. The molecule has 0 spiro atoms. The molecule has 2 nitrogen and oxygen atoms in total. The quantitative estimate of drug-likeness (QED) is 0.267. The van der Waals surface area contributed by atoms with E-state index in [1.807, 2.05) is 0 Å². The van der Waals surface area contributed by atoms with E-state index in [-0.39, 0.29) is 11.0 Å². The van der Waals surface area contributed by atoms with Gasteiger partial charge in [-0.15, -0.1) is 11.6 Å². The lowest BCUT2D eigenvalue weighted by atomic mass is 10.4. The van der Waals surface area contributed by atoms with Gasteiger partial charge in [0.1, 0.15) is 5.16 Å². The molecule has 0 atom stereocenters. The first-order valence-electron chi connectivity index (χ1n) is 2.21. The summed E-state index contributed by atoms with van der Waals surface area (Å²) in [5, 5.41) is 0.125. The van der Waals surface area contributed by atoms with Gasteiger partial charge in [-0.2, -0.15) is 4.99 Å². The number of hydrogen-bond acceptors (Lipinski definition) is 2. The fourth-order valence-corrected chi connectivity index (χ4v) is 0.487. The Morgan fingerprint density at radius 3 is 2.67 bits per heavy atom.